The Balaban J connectivity index is 3.90. The molecule has 0 aromatic rings. The van der Waals surface area contributed by atoms with Crippen LogP contribution in [0, 0.1) is 17.8 Å². The molecule has 1 heteroatoms. The van der Waals surface area contributed by atoms with Gasteiger partial charge >= 0.3 is 0 Å². The maximum atomic E-state index is 2.39. The zero-order chi connectivity index (χ0) is 11.1. The molecule has 0 nitrogen and oxygen atoms in total. The van der Waals surface area contributed by atoms with Crippen molar-refractivity contribution in [2.75, 3.05) is 0 Å². The van der Waals surface area contributed by atoms with E-state index in [2.05, 4.69) is 42.5 Å². The maximum absolute atomic E-state index is 2.39. The molecule has 0 aromatic carbocycles. The van der Waals surface area contributed by atoms with Gasteiger partial charge in [0.05, 0.1) is 0 Å². The molecule has 0 amide bonds. The summed E-state index contributed by atoms with van der Waals surface area (Å²) in [5.74, 6) is 3.60. The van der Waals surface area contributed by atoms with Gasteiger partial charge < -0.3 is 0 Å². The van der Waals surface area contributed by atoms with Crippen molar-refractivity contribution in [3.8, 4) is 0 Å². The summed E-state index contributed by atoms with van der Waals surface area (Å²) in [5.41, 5.74) is 0. The first kappa shape index (κ1) is 14.1. The lowest BCUT2D eigenvalue weighted by molar-refractivity contribution is 0.305. The van der Waals surface area contributed by atoms with Gasteiger partial charge in [0.25, 0.3) is 0 Å². The van der Waals surface area contributed by atoms with Crippen LogP contribution in [0.2, 0.25) is 5.82 Å². The normalized spacial score (nSPS) is 16.2. The van der Waals surface area contributed by atoms with Gasteiger partial charge in [-0.2, -0.15) is 0 Å². The molecule has 0 aliphatic heterocycles. The van der Waals surface area contributed by atoms with Gasteiger partial charge in [0.1, 0.15) is 7.85 Å². The van der Waals surface area contributed by atoms with Gasteiger partial charge in [-0.1, -0.05) is 59.7 Å². The lowest BCUT2D eigenvalue weighted by atomic mass is 9.73. The Morgan fingerprint density at radius 3 is 1.93 bits per heavy atom. The largest absolute Gasteiger partial charge is 0.105 e. The predicted octanol–water partition coefficient (Wildman–Crippen LogP) is 3.92. The standard InChI is InChI=1S/C13H29B/c1-6-13(14)9-12(11(4)5)8-7-10(2)3/h10-13H,6-9,14H2,1-5H3. The van der Waals surface area contributed by atoms with Crippen LogP contribution in [0.5, 0.6) is 0 Å². The Bertz CT molecular complexity index is 129. The Labute approximate surface area is 92.3 Å². The Kier molecular flexibility index (Phi) is 7.40. The molecule has 0 aliphatic rings. The summed E-state index contributed by atoms with van der Waals surface area (Å²) in [6, 6.07) is 0. The number of hydrogen-bond donors (Lipinski definition) is 0. The van der Waals surface area contributed by atoms with Crippen LogP contribution in [0.3, 0.4) is 0 Å². The van der Waals surface area contributed by atoms with Crippen molar-refractivity contribution in [1.82, 2.24) is 0 Å². The third-order valence-corrected chi connectivity index (χ3v) is 3.46. The van der Waals surface area contributed by atoms with Crippen molar-refractivity contribution in [1.29, 1.82) is 0 Å². The summed E-state index contributed by atoms with van der Waals surface area (Å²) in [6.45, 7) is 11.7. The molecule has 0 bridgehead atoms. The van der Waals surface area contributed by atoms with E-state index in [0.29, 0.717) is 0 Å². The third-order valence-electron chi connectivity index (χ3n) is 3.46. The van der Waals surface area contributed by atoms with Crippen molar-refractivity contribution in [2.45, 2.75) is 66.1 Å². The van der Waals surface area contributed by atoms with Gasteiger partial charge in [0.15, 0.2) is 0 Å². The summed E-state index contributed by atoms with van der Waals surface area (Å²) in [6.07, 6.45) is 5.60. The molecular formula is C13H29B. The topological polar surface area (TPSA) is 0 Å². The highest BCUT2D eigenvalue weighted by Gasteiger charge is 2.16. The second kappa shape index (κ2) is 7.37. The van der Waals surface area contributed by atoms with Crippen LogP contribution >= 0.6 is 0 Å². The van der Waals surface area contributed by atoms with Crippen molar-refractivity contribution in [2.24, 2.45) is 17.8 Å². The van der Waals surface area contributed by atoms with Gasteiger partial charge in [0.2, 0.25) is 0 Å². The SMILES string of the molecule is BC(CC)CC(CCC(C)C)C(C)C. The zero-order valence-corrected chi connectivity index (χ0v) is 11.1. The van der Waals surface area contributed by atoms with E-state index in [-0.39, 0.29) is 0 Å². The van der Waals surface area contributed by atoms with Crippen molar-refractivity contribution in [3.63, 3.8) is 0 Å². The smallest absolute Gasteiger partial charge is 0.0697 e. The summed E-state index contributed by atoms with van der Waals surface area (Å²) >= 11 is 0. The molecule has 2 unspecified atom stereocenters. The molecule has 84 valence electrons. The van der Waals surface area contributed by atoms with Gasteiger partial charge in [-0.15, -0.1) is 0 Å². The van der Waals surface area contributed by atoms with E-state index in [1.54, 1.807) is 0 Å². The van der Waals surface area contributed by atoms with E-state index in [1.165, 1.54) is 25.7 Å². The second-order valence-corrected chi connectivity index (χ2v) is 5.72. The van der Waals surface area contributed by atoms with Crippen LogP contribution < -0.4 is 0 Å². The molecule has 0 saturated heterocycles. The van der Waals surface area contributed by atoms with E-state index in [9.17, 15) is 0 Å². The number of hydrogen-bond acceptors (Lipinski definition) is 0. The minimum atomic E-state index is 0.864. The zero-order valence-electron chi connectivity index (χ0n) is 11.1. The van der Waals surface area contributed by atoms with Gasteiger partial charge in [-0.3, -0.25) is 0 Å². The highest BCUT2D eigenvalue weighted by molar-refractivity contribution is 6.11. The minimum Gasteiger partial charge on any atom is -0.0697 e. The summed E-state index contributed by atoms with van der Waals surface area (Å²) in [7, 11) is 2.39. The fraction of sp³-hybridized carbons (Fsp3) is 1.00. The number of rotatable bonds is 7. The summed E-state index contributed by atoms with van der Waals surface area (Å²) < 4.78 is 0. The van der Waals surface area contributed by atoms with Crippen LogP contribution in [-0.2, 0) is 0 Å². The highest BCUT2D eigenvalue weighted by atomic mass is 14.2. The van der Waals surface area contributed by atoms with E-state index < -0.39 is 0 Å². The molecular weight excluding hydrogens is 167 g/mol. The highest BCUT2D eigenvalue weighted by Crippen LogP contribution is 2.29. The second-order valence-electron chi connectivity index (χ2n) is 5.72. The predicted molar refractivity (Wildman–Crippen MR) is 69.6 cm³/mol. The molecule has 14 heavy (non-hydrogen) atoms. The Morgan fingerprint density at radius 1 is 1.00 bits per heavy atom. The van der Waals surface area contributed by atoms with Gasteiger partial charge in [-0.05, 0) is 24.2 Å². The van der Waals surface area contributed by atoms with Crippen LogP contribution in [0.4, 0.5) is 0 Å². The monoisotopic (exact) mass is 196 g/mol. The fourth-order valence-corrected chi connectivity index (χ4v) is 1.95. The maximum Gasteiger partial charge on any atom is 0.105 e. The first-order valence-corrected chi connectivity index (χ1v) is 6.47. The molecule has 0 fully saturated rings. The molecule has 0 N–H and O–H groups in total. The van der Waals surface area contributed by atoms with Gasteiger partial charge in [0, 0.05) is 0 Å². The fourth-order valence-electron chi connectivity index (χ4n) is 1.95. The summed E-state index contributed by atoms with van der Waals surface area (Å²) in [4.78, 5) is 0. The van der Waals surface area contributed by atoms with Crippen molar-refractivity contribution < 1.29 is 0 Å². The van der Waals surface area contributed by atoms with E-state index in [4.69, 9.17) is 0 Å². The molecule has 0 aromatic heterocycles. The third kappa shape index (κ3) is 6.51. The quantitative estimate of drug-likeness (QED) is 0.541. The first-order valence-electron chi connectivity index (χ1n) is 6.47. The molecule has 0 aliphatic carbocycles. The van der Waals surface area contributed by atoms with Gasteiger partial charge in [-0.25, -0.2) is 0 Å². The lowest BCUT2D eigenvalue weighted by Gasteiger charge is -2.24. The molecule has 2 atom stereocenters. The van der Waals surface area contributed by atoms with E-state index in [1.807, 2.05) is 0 Å². The van der Waals surface area contributed by atoms with E-state index >= 15 is 0 Å². The van der Waals surface area contributed by atoms with Crippen LogP contribution in [0.1, 0.15) is 60.3 Å². The lowest BCUT2D eigenvalue weighted by Crippen LogP contribution is -2.12. The van der Waals surface area contributed by atoms with Crippen LogP contribution in [-0.4, -0.2) is 7.85 Å². The molecule has 0 heterocycles. The molecule has 0 saturated carbocycles. The Morgan fingerprint density at radius 2 is 1.57 bits per heavy atom. The molecule has 0 radical (unpaired) electrons. The molecule has 0 spiro atoms. The molecule has 0 rings (SSSR count). The van der Waals surface area contributed by atoms with E-state index in [0.717, 1.165) is 23.6 Å². The van der Waals surface area contributed by atoms with Crippen LogP contribution in [0.15, 0.2) is 0 Å². The minimum absolute atomic E-state index is 0.864. The summed E-state index contributed by atoms with van der Waals surface area (Å²) in [5, 5.41) is 0. The Hall–Kier alpha value is 0.0649. The first-order chi connectivity index (χ1) is 6.47. The van der Waals surface area contributed by atoms with Crippen molar-refractivity contribution >= 4 is 7.85 Å². The van der Waals surface area contributed by atoms with Crippen molar-refractivity contribution in [3.05, 3.63) is 0 Å². The average molecular weight is 196 g/mol. The van der Waals surface area contributed by atoms with Crippen LogP contribution in [0.25, 0.3) is 0 Å². The average Bonchev–Trinajstić information content (AvgIpc) is 2.10.